The van der Waals surface area contributed by atoms with Crippen LogP contribution >= 0.6 is 0 Å². The maximum absolute atomic E-state index is 12.8. The Hall–Kier alpha value is -2.42. The van der Waals surface area contributed by atoms with Crippen LogP contribution in [0.25, 0.3) is 11.1 Å². The monoisotopic (exact) mass is 458 g/mol. The fraction of sp³-hybridized carbons (Fsp3) is 0.458. The number of sulfonamides is 1. The summed E-state index contributed by atoms with van der Waals surface area (Å²) in [6, 6.07) is 15.9. The molecule has 0 spiro atoms. The van der Waals surface area contributed by atoms with Crippen LogP contribution in [0.15, 0.2) is 48.5 Å². The van der Waals surface area contributed by atoms with Crippen LogP contribution in [-0.2, 0) is 32.3 Å². The first-order chi connectivity index (χ1) is 15.5. The molecule has 0 aliphatic carbocycles. The predicted octanol–water partition coefficient (Wildman–Crippen LogP) is 2.99. The molecule has 172 valence electrons. The Labute approximate surface area is 189 Å². The van der Waals surface area contributed by atoms with Crippen molar-refractivity contribution in [2.24, 2.45) is 0 Å². The molecule has 1 N–H and O–H groups in total. The first-order valence-corrected chi connectivity index (χ1v) is 12.8. The summed E-state index contributed by atoms with van der Waals surface area (Å²) >= 11 is 0. The first kappa shape index (κ1) is 22.8. The van der Waals surface area contributed by atoms with Gasteiger partial charge in [-0.05, 0) is 48.4 Å². The molecule has 1 saturated heterocycles. The lowest BCUT2D eigenvalue weighted by Gasteiger charge is -2.28. The second kappa shape index (κ2) is 10.0. The summed E-state index contributed by atoms with van der Waals surface area (Å²) in [5.41, 5.74) is 4.51. The maximum Gasteiger partial charge on any atom is 0.410 e. The Morgan fingerprint density at radius 2 is 1.94 bits per heavy atom. The Morgan fingerprint density at radius 3 is 2.78 bits per heavy atom. The van der Waals surface area contributed by atoms with Gasteiger partial charge in [0.25, 0.3) is 0 Å². The van der Waals surface area contributed by atoms with E-state index in [4.69, 9.17) is 9.47 Å². The minimum absolute atomic E-state index is 0.00424. The number of cyclic esters (lactones) is 1. The number of nitrogens with zero attached hydrogens (tertiary/aromatic N) is 1. The van der Waals surface area contributed by atoms with Crippen LogP contribution in [-0.4, -0.2) is 63.6 Å². The van der Waals surface area contributed by atoms with E-state index < -0.39 is 16.1 Å². The van der Waals surface area contributed by atoms with Gasteiger partial charge in [0.2, 0.25) is 10.0 Å². The van der Waals surface area contributed by atoms with E-state index in [1.807, 2.05) is 24.3 Å². The van der Waals surface area contributed by atoms with Crippen LogP contribution in [0.3, 0.4) is 0 Å². The standard InChI is InChI=1S/C24H30N2O5S/c1-2-32(28,29)25-22-10-12-26-23(22)17-18-6-5-8-20(16-18)21-9-4-3-7-19(21)11-13-30-14-15-31-24(26)27/h3-9,16,22-23,25H,2,10-15,17H2,1H3. The number of benzene rings is 2. The summed E-state index contributed by atoms with van der Waals surface area (Å²) in [5, 5.41) is 0. The fourth-order valence-electron chi connectivity index (χ4n) is 4.47. The number of ether oxygens (including phenoxy) is 2. The quantitative estimate of drug-likeness (QED) is 0.764. The van der Waals surface area contributed by atoms with Crippen LogP contribution in [0.5, 0.6) is 0 Å². The zero-order chi connectivity index (χ0) is 22.6. The molecule has 2 unspecified atom stereocenters. The lowest BCUT2D eigenvalue weighted by Crippen LogP contribution is -2.48. The molecule has 2 aromatic rings. The van der Waals surface area contributed by atoms with Crippen molar-refractivity contribution >= 4 is 16.1 Å². The molecule has 0 saturated carbocycles. The predicted molar refractivity (Wildman–Crippen MR) is 123 cm³/mol. The molecule has 8 heteroatoms. The van der Waals surface area contributed by atoms with Crippen LogP contribution in [0, 0.1) is 0 Å². The van der Waals surface area contributed by atoms with Gasteiger partial charge in [0.15, 0.2) is 0 Å². The lowest BCUT2D eigenvalue weighted by atomic mass is 9.94. The Balaban J connectivity index is 1.68. The third-order valence-corrected chi connectivity index (χ3v) is 7.58. The summed E-state index contributed by atoms with van der Waals surface area (Å²) in [4.78, 5) is 14.4. The van der Waals surface area contributed by atoms with E-state index in [2.05, 4.69) is 29.0 Å². The molecule has 2 aliphatic rings. The number of carbonyl (C=O) groups excluding carboxylic acids is 1. The molecule has 32 heavy (non-hydrogen) atoms. The van der Waals surface area contributed by atoms with E-state index in [1.165, 1.54) is 5.56 Å². The summed E-state index contributed by atoms with van der Waals surface area (Å²) in [6.45, 7) is 3.10. The SMILES string of the molecule is CCS(=O)(=O)NC1CCN2C(=O)OCCOCCc3ccccc3-c3cccc(c3)CC12. The number of amides is 1. The van der Waals surface area contributed by atoms with Crippen LogP contribution in [0.2, 0.25) is 0 Å². The van der Waals surface area contributed by atoms with Crippen molar-refractivity contribution in [2.45, 2.75) is 38.3 Å². The molecule has 0 aromatic heterocycles. The molecule has 2 aliphatic heterocycles. The van der Waals surface area contributed by atoms with E-state index in [0.717, 1.165) is 23.1 Å². The Kier molecular flexibility index (Phi) is 7.13. The highest BCUT2D eigenvalue weighted by atomic mass is 32.2. The molecule has 2 atom stereocenters. The molecule has 0 radical (unpaired) electrons. The molecule has 2 aromatic carbocycles. The average Bonchev–Trinajstić information content (AvgIpc) is 3.17. The Bertz CT molecular complexity index is 1060. The van der Waals surface area contributed by atoms with Gasteiger partial charge in [-0.1, -0.05) is 48.5 Å². The second-order valence-electron chi connectivity index (χ2n) is 8.22. The van der Waals surface area contributed by atoms with E-state index in [0.29, 0.717) is 32.6 Å². The van der Waals surface area contributed by atoms with Gasteiger partial charge in [-0.2, -0.15) is 0 Å². The number of carbonyl (C=O) groups is 1. The average molecular weight is 459 g/mol. The van der Waals surface area contributed by atoms with Crippen molar-refractivity contribution in [1.82, 2.24) is 9.62 Å². The van der Waals surface area contributed by atoms with Crippen LogP contribution < -0.4 is 4.72 Å². The van der Waals surface area contributed by atoms with Crippen molar-refractivity contribution in [3.63, 3.8) is 0 Å². The van der Waals surface area contributed by atoms with Crippen molar-refractivity contribution in [3.05, 3.63) is 59.7 Å². The Morgan fingerprint density at radius 1 is 1.09 bits per heavy atom. The van der Waals surface area contributed by atoms with Crippen molar-refractivity contribution < 1.29 is 22.7 Å². The molecule has 2 bridgehead atoms. The van der Waals surface area contributed by atoms with Gasteiger partial charge in [-0.3, -0.25) is 0 Å². The topological polar surface area (TPSA) is 84.9 Å². The minimum Gasteiger partial charge on any atom is -0.447 e. The zero-order valence-electron chi connectivity index (χ0n) is 18.3. The zero-order valence-corrected chi connectivity index (χ0v) is 19.1. The molecular weight excluding hydrogens is 428 g/mol. The first-order valence-electron chi connectivity index (χ1n) is 11.1. The fourth-order valence-corrected chi connectivity index (χ4v) is 5.37. The number of hydrogen-bond donors (Lipinski definition) is 1. The van der Waals surface area contributed by atoms with Gasteiger partial charge < -0.3 is 14.4 Å². The van der Waals surface area contributed by atoms with Gasteiger partial charge in [0.05, 0.1) is 25.0 Å². The van der Waals surface area contributed by atoms with E-state index in [9.17, 15) is 13.2 Å². The number of rotatable bonds is 3. The molecular formula is C24H30N2O5S. The van der Waals surface area contributed by atoms with Crippen molar-refractivity contribution in [2.75, 3.05) is 32.1 Å². The number of fused-ring (bicyclic) bond motifs is 5. The van der Waals surface area contributed by atoms with Gasteiger partial charge in [0, 0.05) is 12.6 Å². The van der Waals surface area contributed by atoms with Gasteiger partial charge in [0.1, 0.15) is 6.61 Å². The summed E-state index contributed by atoms with van der Waals surface area (Å²) in [6.07, 6.45) is 1.44. The van der Waals surface area contributed by atoms with Crippen molar-refractivity contribution in [1.29, 1.82) is 0 Å². The summed E-state index contributed by atoms with van der Waals surface area (Å²) in [5.74, 6) is 0.00424. The van der Waals surface area contributed by atoms with Gasteiger partial charge in [-0.25, -0.2) is 17.9 Å². The molecule has 2 heterocycles. The highest BCUT2D eigenvalue weighted by molar-refractivity contribution is 7.89. The molecule has 7 nitrogen and oxygen atoms in total. The van der Waals surface area contributed by atoms with E-state index >= 15 is 0 Å². The van der Waals surface area contributed by atoms with E-state index in [1.54, 1.807) is 11.8 Å². The maximum atomic E-state index is 12.8. The minimum atomic E-state index is -3.40. The molecule has 1 amide bonds. The summed E-state index contributed by atoms with van der Waals surface area (Å²) in [7, 11) is -3.40. The van der Waals surface area contributed by atoms with Crippen LogP contribution in [0.4, 0.5) is 4.79 Å². The largest absolute Gasteiger partial charge is 0.447 e. The van der Waals surface area contributed by atoms with Crippen molar-refractivity contribution in [3.8, 4) is 11.1 Å². The lowest BCUT2D eigenvalue weighted by molar-refractivity contribution is 0.0531. The summed E-state index contributed by atoms with van der Waals surface area (Å²) < 4.78 is 38.5. The molecule has 1 fully saturated rings. The molecule has 4 rings (SSSR count). The highest BCUT2D eigenvalue weighted by Gasteiger charge is 2.39. The second-order valence-corrected chi connectivity index (χ2v) is 10.3. The van der Waals surface area contributed by atoms with Crippen LogP contribution in [0.1, 0.15) is 24.5 Å². The normalized spacial score (nSPS) is 22.3. The van der Waals surface area contributed by atoms with Gasteiger partial charge in [-0.15, -0.1) is 0 Å². The number of nitrogens with one attached hydrogen (secondary N) is 1. The van der Waals surface area contributed by atoms with E-state index in [-0.39, 0.29) is 24.4 Å². The third kappa shape index (κ3) is 5.31. The highest BCUT2D eigenvalue weighted by Crippen LogP contribution is 2.28. The number of hydrogen-bond acceptors (Lipinski definition) is 5. The van der Waals surface area contributed by atoms with Gasteiger partial charge >= 0.3 is 6.09 Å². The third-order valence-electron chi connectivity index (χ3n) is 6.16. The smallest absolute Gasteiger partial charge is 0.410 e.